The van der Waals surface area contributed by atoms with E-state index in [4.69, 9.17) is 10.5 Å². The number of aliphatic hydroxyl groups is 3. The molecule has 0 aromatic carbocycles. The molecule has 7 atom stereocenters. The minimum absolute atomic E-state index is 0.103. The second-order valence-corrected chi connectivity index (χ2v) is 11.7. The third kappa shape index (κ3) is 7.92. The van der Waals surface area contributed by atoms with Gasteiger partial charge in [-0.25, -0.2) is 4.98 Å². The summed E-state index contributed by atoms with van der Waals surface area (Å²) in [5, 5.41) is 35.2. The minimum atomic E-state index is -1.29. The lowest BCUT2D eigenvalue weighted by molar-refractivity contribution is -0.155. The van der Waals surface area contributed by atoms with Crippen LogP contribution < -0.4 is 5.73 Å². The first-order chi connectivity index (χ1) is 16.2. The summed E-state index contributed by atoms with van der Waals surface area (Å²) in [5.41, 5.74) is 6.43. The van der Waals surface area contributed by atoms with Crippen LogP contribution in [0.1, 0.15) is 77.4 Å². The Morgan fingerprint density at radius 2 is 1.89 bits per heavy atom. The van der Waals surface area contributed by atoms with Gasteiger partial charge in [0.1, 0.15) is 11.9 Å². The Morgan fingerprint density at radius 3 is 2.49 bits per heavy atom. The summed E-state index contributed by atoms with van der Waals surface area (Å²) in [4.78, 5) is 30.4. The normalized spacial score (nSPS) is 34.5. The Morgan fingerprint density at radius 1 is 1.23 bits per heavy atom. The van der Waals surface area contributed by atoms with Crippen LogP contribution >= 0.6 is 11.3 Å². The molecule has 0 amide bonds. The highest BCUT2D eigenvalue weighted by Crippen LogP contribution is 2.32. The molecule has 0 bridgehead atoms. The highest BCUT2D eigenvalue weighted by molar-refractivity contribution is 7.09. The number of carbonyl (C=O) groups is 2. The van der Waals surface area contributed by atoms with Crippen LogP contribution in [-0.4, -0.2) is 62.5 Å². The van der Waals surface area contributed by atoms with E-state index in [2.05, 4.69) is 4.98 Å². The standard InChI is InChI=1S/C26H42N2O6S/c1-14-8-7-9-19(27)20(29)11-21(15(2)10-18-13-35-17(4)28-18)34-23(31)12-22(30)26(5,6)25(33)16(3)24(14)32/h10,13-14,16,19-22,24,29-30,32H,7-9,11-12,27H2,1-6H3/b15-10+/t14?,16?,19-,20?,21?,22?,24+/m1/s1. The highest BCUT2D eigenvalue weighted by Gasteiger charge is 2.42. The van der Waals surface area contributed by atoms with Gasteiger partial charge in [-0.15, -0.1) is 11.3 Å². The van der Waals surface area contributed by atoms with Crippen LogP contribution in [0.15, 0.2) is 11.0 Å². The zero-order valence-electron chi connectivity index (χ0n) is 21.7. The average Bonchev–Trinajstić information content (AvgIpc) is 3.20. The van der Waals surface area contributed by atoms with E-state index in [0.29, 0.717) is 24.8 Å². The molecule has 1 saturated heterocycles. The lowest BCUT2D eigenvalue weighted by atomic mass is 9.73. The number of aliphatic hydroxyl groups excluding tert-OH is 3. The lowest BCUT2D eigenvalue weighted by Gasteiger charge is -2.35. The number of hydrogen-bond acceptors (Lipinski definition) is 9. The number of ether oxygens (including phenoxy) is 1. The first-order valence-electron chi connectivity index (χ1n) is 12.4. The summed E-state index contributed by atoms with van der Waals surface area (Å²) in [6.45, 7) is 10.4. The van der Waals surface area contributed by atoms with Crippen LogP contribution in [0.2, 0.25) is 0 Å². The van der Waals surface area contributed by atoms with E-state index in [9.17, 15) is 24.9 Å². The van der Waals surface area contributed by atoms with Crippen LogP contribution in [0.3, 0.4) is 0 Å². The maximum atomic E-state index is 13.2. The smallest absolute Gasteiger partial charge is 0.309 e. The molecule has 5 unspecified atom stereocenters. The molecule has 0 radical (unpaired) electrons. The van der Waals surface area contributed by atoms with Crippen molar-refractivity contribution in [3.05, 3.63) is 21.7 Å². The average molecular weight is 511 g/mol. The van der Waals surface area contributed by atoms with Crippen molar-refractivity contribution >= 4 is 29.2 Å². The van der Waals surface area contributed by atoms with Gasteiger partial charge in [0, 0.05) is 23.8 Å². The van der Waals surface area contributed by atoms with E-state index in [1.165, 1.54) is 11.3 Å². The molecule has 35 heavy (non-hydrogen) atoms. The number of cyclic esters (lactones) is 1. The van der Waals surface area contributed by atoms with Gasteiger partial charge in [-0.05, 0) is 44.3 Å². The van der Waals surface area contributed by atoms with Crippen molar-refractivity contribution in [1.29, 1.82) is 0 Å². The second-order valence-electron chi connectivity index (χ2n) is 10.6. The van der Waals surface area contributed by atoms with Crippen molar-refractivity contribution in [3.63, 3.8) is 0 Å². The quantitative estimate of drug-likeness (QED) is 0.445. The number of nitrogens with zero attached hydrogens (tertiary/aromatic N) is 1. The fraction of sp³-hybridized carbons (Fsp3) is 0.731. The molecule has 2 heterocycles. The Balaban J connectivity index is 2.33. The monoisotopic (exact) mass is 510 g/mol. The lowest BCUT2D eigenvalue weighted by Crippen LogP contribution is -2.46. The predicted molar refractivity (Wildman–Crippen MR) is 137 cm³/mol. The van der Waals surface area contributed by atoms with Crippen molar-refractivity contribution in [2.24, 2.45) is 23.0 Å². The predicted octanol–water partition coefficient (Wildman–Crippen LogP) is 3.01. The molecule has 198 valence electrons. The van der Waals surface area contributed by atoms with E-state index >= 15 is 0 Å². The van der Waals surface area contributed by atoms with Crippen molar-refractivity contribution in [3.8, 4) is 0 Å². The number of aryl methyl sites for hydroxylation is 1. The largest absolute Gasteiger partial charge is 0.458 e. The fourth-order valence-corrected chi connectivity index (χ4v) is 5.12. The third-order valence-electron chi connectivity index (χ3n) is 7.28. The van der Waals surface area contributed by atoms with Crippen LogP contribution in [0.25, 0.3) is 6.08 Å². The maximum Gasteiger partial charge on any atom is 0.309 e. The van der Waals surface area contributed by atoms with Crippen LogP contribution in [0.4, 0.5) is 0 Å². The van der Waals surface area contributed by atoms with E-state index in [-0.39, 0.29) is 18.1 Å². The summed E-state index contributed by atoms with van der Waals surface area (Å²) in [6.07, 6.45) is -0.492. The third-order valence-corrected chi connectivity index (χ3v) is 8.07. The summed E-state index contributed by atoms with van der Waals surface area (Å²) < 4.78 is 5.71. The number of hydrogen-bond donors (Lipinski definition) is 4. The van der Waals surface area contributed by atoms with Crippen molar-refractivity contribution in [2.45, 2.75) is 104 Å². The summed E-state index contributed by atoms with van der Waals surface area (Å²) in [5.74, 6) is -1.86. The van der Waals surface area contributed by atoms with Gasteiger partial charge in [-0.2, -0.15) is 0 Å². The Bertz CT molecular complexity index is 898. The molecule has 2 rings (SSSR count). The summed E-state index contributed by atoms with van der Waals surface area (Å²) in [7, 11) is 0. The first-order valence-corrected chi connectivity index (χ1v) is 13.3. The maximum absolute atomic E-state index is 13.2. The molecular weight excluding hydrogens is 468 g/mol. The van der Waals surface area contributed by atoms with Gasteiger partial charge in [-0.3, -0.25) is 9.59 Å². The molecule has 1 aromatic rings. The highest BCUT2D eigenvalue weighted by atomic mass is 32.1. The molecule has 1 aromatic heterocycles. The Labute approximate surface area is 212 Å². The first kappa shape index (κ1) is 29.6. The molecule has 1 aliphatic heterocycles. The number of thiazole rings is 1. The molecule has 0 saturated carbocycles. The summed E-state index contributed by atoms with van der Waals surface area (Å²) >= 11 is 1.51. The molecular formula is C26H42N2O6S. The molecule has 5 N–H and O–H groups in total. The molecule has 0 spiro atoms. The SMILES string of the molecule is C/C(=C\c1csc(C)n1)C1CC(O)[C@H](N)CCCC(C)[C@H](O)C(C)C(=O)C(C)(C)C(O)CC(=O)O1. The molecule has 9 heteroatoms. The number of Topliss-reactive ketones (excluding diaryl/α,β-unsaturated/α-hetero) is 1. The van der Waals surface area contributed by atoms with E-state index in [1.807, 2.05) is 25.3 Å². The van der Waals surface area contributed by atoms with Gasteiger partial charge < -0.3 is 25.8 Å². The second kappa shape index (κ2) is 12.5. The zero-order valence-corrected chi connectivity index (χ0v) is 22.5. The zero-order chi connectivity index (χ0) is 26.5. The van der Waals surface area contributed by atoms with Crippen LogP contribution in [0, 0.1) is 24.2 Å². The van der Waals surface area contributed by atoms with Crippen molar-refractivity contribution in [2.75, 3.05) is 0 Å². The fourth-order valence-electron chi connectivity index (χ4n) is 4.55. The Hall–Kier alpha value is -1.65. The molecule has 8 nitrogen and oxygen atoms in total. The topological polar surface area (TPSA) is 143 Å². The number of ketones is 1. The van der Waals surface area contributed by atoms with Gasteiger partial charge in [0.05, 0.1) is 40.8 Å². The van der Waals surface area contributed by atoms with E-state index < -0.39 is 54.2 Å². The van der Waals surface area contributed by atoms with E-state index in [1.54, 1.807) is 27.7 Å². The molecule has 1 aliphatic rings. The van der Waals surface area contributed by atoms with Gasteiger partial charge in [0.2, 0.25) is 0 Å². The summed E-state index contributed by atoms with van der Waals surface area (Å²) in [6, 6.07) is -0.536. The minimum Gasteiger partial charge on any atom is -0.458 e. The Kier molecular flexibility index (Phi) is 10.6. The number of rotatable bonds is 2. The van der Waals surface area contributed by atoms with Gasteiger partial charge in [0.15, 0.2) is 0 Å². The van der Waals surface area contributed by atoms with Gasteiger partial charge in [-0.1, -0.05) is 34.1 Å². The van der Waals surface area contributed by atoms with Gasteiger partial charge >= 0.3 is 5.97 Å². The van der Waals surface area contributed by atoms with Crippen LogP contribution in [-0.2, 0) is 14.3 Å². The van der Waals surface area contributed by atoms with Crippen LogP contribution in [0.5, 0.6) is 0 Å². The molecule has 1 fully saturated rings. The number of carbonyl (C=O) groups excluding carboxylic acids is 2. The van der Waals surface area contributed by atoms with Gasteiger partial charge in [0.25, 0.3) is 0 Å². The van der Waals surface area contributed by atoms with Crippen molar-refractivity contribution in [1.82, 2.24) is 4.98 Å². The molecule has 0 aliphatic carbocycles. The number of nitrogens with two attached hydrogens (primary N) is 1. The number of esters is 1. The number of aromatic nitrogens is 1. The van der Waals surface area contributed by atoms with Crippen molar-refractivity contribution < 1.29 is 29.6 Å². The van der Waals surface area contributed by atoms with E-state index in [0.717, 1.165) is 10.7 Å².